The Morgan fingerprint density at radius 2 is 1.78 bits per heavy atom. The molecule has 3 aromatic carbocycles. The Morgan fingerprint density at radius 1 is 1.11 bits per heavy atom. The van der Waals surface area contributed by atoms with Gasteiger partial charge in [-0.3, -0.25) is 4.55 Å². The van der Waals surface area contributed by atoms with Crippen LogP contribution in [0, 0.1) is 6.92 Å². The van der Waals surface area contributed by atoms with Crippen LogP contribution in [-0.2, 0) is 16.7 Å². The quantitative estimate of drug-likeness (QED) is 0.259. The van der Waals surface area contributed by atoms with Gasteiger partial charge in [-0.25, -0.2) is 4.39 Å². The maximum absolute atomic E-state index is 12.5. The molecule has 0 amide bonds. The van der Waals surface area contributed by atoms with Crippen LogP contribution < -0.4 is 20.5 Å². The Labute approximate surface area is 214 Å². The van der Waals surface area contributed by atoms with Gasteiger partial charge >= 0.3 is 0 Å². The molecule has 0 saturated heterocycles. The zero-order chi connectivity index (χ0) is 26.8. The van der Waals surface area contributed by atoms with Gasteiger partial charge in [0.25, 0.3) is 16.1 Å². The lowest BCUT2D eigenvalue weighted by Gasteiger charge is -2.06. The third-order valence-corrected chi connectivity index (χ3v) is 5.99. The molecule has 4 N–H and O–H groups in total. The fraction of sp³-hybridized carbons (Fsp3) is 0.192. The number of hydrogen-bond donors (Lipinski definition) is 3. The predicted octanol–water partition coefficient (Wildman–Crippen LogP) is 4.88. The van der Waals surface area contributed by atoms with E-state index in [9.17, 15) is 12.8 Å². The minimum absolute atomic E-state index is 0.0666. The largest absolute Gasteiger partial charge is 0.497 e. The van der Waals surface area contributed by atoms with Crippen molar-refractivity contribution in [2.24, 2.45) is 5.73 Å². The summed E-state index contributed by atoms with van der Waals surface area (Å²) in [7, 11) is -2.39. The number of fused-ring (bicyclic) bond motifs is 1. The first-order chi connectivity index (χ1) is 17.7. The SMILES string of the molecule is COc1ccc(CNc2nc3ccc(OC/C(=C/F)CN)cc3o2)cc1.Cc1ccc(S(=O)(=O)O)cc1. The van der Waals surface area contributed by atoms with Crippen molar-refractivity contribution in [3.8, 4) is 11.5 Å². The van der Waals surface area contributed by atoms with Gasteiger partial charge in [-0.05, 0) is 48.9 Å². The number of aryl methyl sites for hydroxylation is 1. The first-order valence-corrected chi connectivity index (χ1v) is 12.6. The standard InChI is InChI=1S/C19H20FN3O3.C7H8O3S/c1-24-15-4-2-13(3-5-15)11-22-19-23-17-7-6-16(8-18(17)26-19)25-12-14(9-20)10-21;1-6-2-4-7(5-3-6)11(8,9)10/h2-9H,10-12,21H2,1H3,(H,22,23);2-5H,1H3,(H,8,9,10)/b14-9+;. The molecule has 0 saturated carbocycles. The second-order valence-corrected chi connectivity index (χ2v) is 9.32. The molecule has 0 spiro atoms. The number of oxazole rings is 1. The third-order valence-electron chi connectivity index (χ3n) is 5.12. The summed E-state index contributed by atoms with van der Waals surface area (Å²) in [5, 5.41) is 3.14. The van der Waals surface area contributed by atoms with E-state index in [1.807, 2.05) is 31.2 Å². The molecule has 0 atom stereocenters. The molecule has 0 aliphatic carbocycles. The van der Waals surface area contributed by atoms with E-state index in [0.717, 1.165) is 16.9 Å². The summed E-state index contributed by atoms with van der Waals surface area (Å²) in [6.07, 6.45) is 0.466. The number of halogens is 1. The molecule has 9 nitrogen and oxygen atoms in total. The third kappa shape index (κ3) is 8.31. The van der Waals surface area contributed by atoms with Gasteiger partial charge in [-0.1, -0.05) is 29.8 Å². The molecular formula is C26H28FN3O6S. The molecular weight excluding hydrogens is 501 g/mol. The Hall–Kier alpha value is -3.93. The molecule has 0 unspecified atom stereocenters. The number of aromatic nitrogens is 1. The maximum Gasteiger partial charge on any atom is 0.295 e. The van der Waals surface area contributed by atoms with Crippen LogP contribution in [-0.4, -0.2) is 38.2 Å². The highest BCUT2D eigenvalue weighted by atomic mass is 32.2. The molecule has 0 aliphatic rings. The average Bonchev–Trinajstić information content (AvgIpc) is 3.31. The van der Waals surface area contributed by atoms with Gasteiger partial charge in [-0.15, -0.1) is 0 Å². The van der Waals surface area contributed by atoms with E-state index in [0.29, 0.717) is 41.3 Å². The number of nitrogens with two attached hydrogens (primary N) is 1. The smallest absolute Gasteiger partial charge is 0.295 e. The van der Waals surface area contributed by atoms with E-state index in [1.54, 1.807) is 37.4 Å². The highest BCUT2D eigenvalue weighted by Crippen LogP contribution is 2.24. The fourth-order valence-electron chi connectivity index (χ4n) is 3.01. The van der Waals surface area contributed by atoms with Crippen molar-refractivity contribution in [3.05, 3.63) is 89.8 Å². The average molecular weight is 530 g/mol. The van der Waals surface area contributed by atoms with Crippen LogP contribution in [0.15, 0.2) is 87.9 Å². The van der Waals surface area contributed by atoms with Crippen LogP contribution in [0.25, 0.3) is 11.1 Å². The van der Waals surface area contributed by atoms with Crippen LogP contribution in [0.5, 0.6) is 11.5 Å². The molecule has 0 aliphatic heterocycles. The number of anilines is 1. The minimum atomic E-state index is -4.02. The van der Waals surface area contributed by atoms with Crippen LogP contribution in [0.3, 0.4) is 0 Å². The topological polar surface area (TPSA) is 137 Å². The second kappa shape index (κ2) is 12.9. The number of rotatable bonds is 9. The van der Waals surface area contributed by atoms with E-state index < -0.39 is 10.1 Å². The highest BCUT2D eigenvalue weighted by molar-refractivity contribution is 7.85. The minimum Gasteiger partial charge on any atom is -0.497 e. The number of nitrogens with zero attached hydrogens (tertiary/aromatic N) is 1. The normalized spacial score (nSPS) is 11.5. The molecule has 0 radical (unpaired) electrons. The van der Waals surface area contributed by atoms with Crippen molar-refractivity contribution < 1.29 is 31.3 Å². The van der Waals surface area contributed by atoms with Gasteiger partial charge in [-0.2, -0.15) is 13.4 Å². The Balaban J connectivity index is 0.000000289. The van der Waals surface area contributed by atoms with Crippen LogP contribution in [0.1, 0.15) is 11.1 Å². The molecule has 11 heteroatoms. The van der Waals surface area contributed by atoms with Crippen molar-refractivity contribution in [2.75, 3.05) is 25.6 Å². The van der Waals surface area contributed by atoms with Crippen molar-refractivity contribution in [3.63, 3.8) is 0 Å². The Morgan fingerprint density at radius 3 is 2.38 bits per heavy atom. The summed E-state index contributed by atoms with van der Waals surface area (Å²) >= 11 is 0. The van der Waals surface area contributed by atoms with Crippen LogP contribution in [0.2, 0.25) is 0 Å². The molecule has 4 rings (SSSR count). The second-order valence-electron chi connectivity index (χ2n) is 7.90. The lowest BCUT2D eigenvalue weighted by molar-refractivity contribution is 0.347. The summed E-state index contributed by atoms with van der Waals surface area (Å²) in [6, 6.07) is 19.4. The number of hydrogen-bond acceptors (Lipinski definition) is 8. The van der Waals surface area contributed by atoms with Gasteiger partial charge in [0, 0.05) is 24.7 Å². The van der Waals surface area contributed by atoms with Gasteiger partial charge in [0.15, 0.2) is 5.58 Å². The molecule has 0 fully saturated rings. The van der Waals surface area contributed by atoms with Gasteiger partial charge < -0.3 is 24.9 Å². The lowest BCUT2D eigenvalue weighted by atomic mass is 10.2. The number of methoxy groups -OCH3 is 1. The molecule has 4 aromatic rings. The van der Waals surface area contributed by atoms with Gasteiger partial charge in [0.1, 0.15) is 23.6 Å². The number of benzene rings is 3. The van der Waals surface area contributed by atoms with Gasteiger partial charge in [0.05, 0.1) is 18.3 Å². The van der Waals surface area contributed by atoms with Gasteiger partial charge in [0.2, 0.25) is 0 Å². The van der Waals surface area contributed by atoms with Crippen molar-refractivity contribution >= 4 is 27.2 Å². The van der Waals surface area contributed by atoms with Crippen molar-refractivity contribution in [2.45, 2.75) is 18.4 Å². The van der Waals surface area contributed by atoms with E-state index in [2.05, 4.69) is 10.3 Å². The molecule has 196 valence electrons. The summed E-state index contributed by atoms with van der Waals surface area (Å²) in [5.74, 6) is 1.37. The lowest BCUT2D eigenvalue weighted by Crippen LogP contribution is -2.10. The van der Waals surface area contributed by atoms with E-state index >= 15 is 0 Å². The number of ether oxygens (including phenoxy) is 2. The fourth-order valence-corrected chi connectivity index (χ4v) is 3.49. The molecule has 1 aromatic heterocycles. The first kappa shape index (κ1) is 27.7. The van der Waals surface area contributed by atoms with E-state index in [1.165, 1.54) is 12.1 Å². The molecule has 1 heterocycles. The predicted molar refractivity (Wildman–Crippen MR) is 139 cm³/mol. The van der Waals surface area contributed by atoms with Crippen molar-refractivity contribution in [1.82, 2.24) is 4.98 Å². The molecule has 0 bridgehead atoms. The van der Waals surface area contributed by atoms with Crippen molar-refractivity contribution in [1.29, 1.82) is 0 Å². The Kier molecular flexibility index (Phi) is 9.61. The zero-order valence-electron chi connectivity index (χ0n) is 20.3. The summed E-state index contributed by atoms with van der Waals surface area (Å²) in [6.45, 7) is 2.62. The van der Waals surface area contributed by atoms with E-state index in [4.69, 9.17) is 24.2 Å². The summed E-state index contributed by atoms with van der Waals surface area (Å²) in [4.78, 5) is 4.31. The number of nitrogens with one attached hydrogen (secondary N) is 1. The summed E-state index contributed by atoms with van der Waals surface area (Å²) < 4.78 is 58.4. The van der Waals surface area contributed by atoms with Crippen LogP contribution in [0.4, 0.5) is 10.4 Å². The van der Waals surface area contributed by atoms with E-state index in [-0.39, 0.29) is 18.0 Å². The molecule has 37 heavy (non-hydrogen) atoms. The monoisotopic (exact) mass is 529 g/mol. The first-order valence-electron chi connectivity index (χ1n) is 11.1. The maximum atomic E-state index is 12.5. The van der Waals surface area contributed by atoms with Crippen LogP contribution >= 0.6 is 0 Å². The zero-order valence-corrected chi connectivity index (χ0v) is 21.2. The highest BCUT2D eigenvalue weighted by Gasteiger charge is 2.08. The Bertz CT molecular complexity index is 1440. The summed E-state index contributed by atoms with van der Waals surface area (Å²) in [5.41, 5.74) is 9.10.